The Balaban J connectivity index is 1.66. The van der Waals surface area contributed by atoms with Crippen LogP contribution in [0, 0.1) is 10.1 Å². The maximum Gasteiger partial charge on any atom is 0.278 e. The number of nitro benzene ring substituents is 1. The highest BCUT2D eigenvalue weighted by Gasteiger charge is 2.19. The molecule has 1 fully saturated rings. The van der Waals surface area contributed by atoms with Crippen molar-refractivity contribution >= 4 is 17.0 Å². The van der Waals surface area contributed by atoms with Gasteiger partial charge in [-0.3, -0.25) is 10.1 Å². The van der Waals surface area contributed by atoms with E-state index in [4.69, 9.17) is 0 Å². The first-order valence-corrected chi connectivity index (χ1v) is 8.69. The topological polar surface area (TPSA) is 75.4 Å². The van der Waals surface area contributed by atoms with Gasteiger partial charge in [0.25, 0.3) is 5.69 Å². The van der Waals surface area contributed by atoms with Gasteiger partial charge in [0.05, 0.1) is 16.6 Å². The minimum absolute atomic E-state index is 0.139. The van der Waals surface area contributed by atoms with Gasteiger partial charge < -0.3 is 10.4 Å². The van der Waals surface area contributed by atoms with Crippen molar-refractivity contribution in [3.8, 4) is 10.4 Å². The zero-order valence-electron chi connectivity index (χ0n) is 12.8. The monoisotopic (exact) mass is 332 g/mol. The molecule has 2 N–H and O–H groups in total. The maximum atomic E-state index is 11.1. The fourth-order valence-electron chi connectivity index (χ4n) is 2.98. The fraction of sp³-hybridized carbons (Fsp3) is 0.412. The molecule has 0 bridgehead atoms. The van der Waals surface area contributed by atoms with E-state index in [1.54, 1.807) is 29.5 Å². The highest BCUT2D eigenvalue weighted by molar-refractivity contribution is 7.15. The lowest BCUT2D eigenvalue weighted by Gasteiger charge is -2.26. The molecule has 3 rings (SSSR count). The molecular weight excluding hydrogens is 312 g/mol. The first-order valence-electron chi connectivity index (χ1n) is 7.87. The van der Waals surface area contributed by atoms with Crippen LogP contribution in [0.3, 0.4) is 0 Å². The highest BCUT2D eigenvalue weighted by Crippen LogP contribution is 2.34. The van der Waals surface area contributed by atoms with E-state index in [-0.39, 0.29) is 16.7 Å². The molecule has 2 aromatic rings. The first-order chi connectivity index (χ1) is 11.1. The molecule has 1 aromatic heterocycles. The Morgan fingerprint density at radius 1 is 1.17 bits per heavy atom. The van der Waals surface area contributed by atoms with Crippen LogP contribution in [-0.4, -0.2) is 22.2 Å². The third-order valence-electron chi connectivity index (χ3n) is 4.29. The van der Waals surface area contributed by atoms with Crippen molar-refractivity contribution in [2.24, 2.45) is 0 Å². The number of thiophene rings is 1. The van der Waals surface area contributed by atoms with Gasteiger partial charge in [-0.05, 0) is 43.9 Å². The van der Waals surface area contributed by atoms with Crippen LogP contribution in [0.15, 0.2) is 36.4 Å². The molecule has 0 spiro atoms. The van der Waals surface area contributed by atoms with E-state index >= 15 is 0 Å². The summed E-state index contributed by atoms with van der Waals surface area (Å²) in [4.78, 5) is 12.9. The predicted molar refractivity (Wildman–Crippen MR) is 91.5 cm³/mol. The zero-order chi connectivity index (χ0) is 16.2. The molecule has 0 saturated heterocycles. The average Bonchev–Trinajstić information content (AvgIpc) is 3.03. The van der Waals surface area contributed by atoms with Crippen molar-refractivity contribution in [2.45, 2.75) is 44.4 Å². The van der Waals surface area contributed by atoms with Gasteiger partial charge in [-0.25, -0.2) is 0 Å². The summed E-state index contributed by atoms with van der Waals surface area (Å²) >= 11 is 1.59. The molecule has 1 aliphatic rings. The van der Waals surface area contributed by atoms with Crippen LogP contribution >= 0.6 is 11.3 Å². The summed E-state index contributed by atoms with van der Waals surface area (Å²) in [6.07, 6.45) is 3.60. The molecule has 1 saturated carbocycles. The number of benzene rings is 1. The van der Waals surface area contributed by atoms with Gasteiger partial charge in [-0.15, -0.1) is 11.3 Å². The Morgan fingerprint density at radius 3 is 2.65 bits per heavy atom. The van der Waals surface area contributed by atoms with E-state index in [0.29, 0.717) is 11.6 Å². The fourth-order valence-corrected chi connectivity index (χ4v) is 3.98. The molecular formula is C17H20N2O3S. The van der Waals surface area contributed by atoms with Gasteiger partial charge in [-0.2, -0.15) is 0 Å². The lowest BCUT2D eigenvalue weighted by atomic mass is 9.93. The van der Waals surface area contributed by atoms with Gasteiger partial charge >= 0.3 is 0 Å². The van der Waals surface area contributed by atoms with E-state index in [2.05, 4.69) is 5.32 Å². The third-order valence-corrected chi connectivity index (χ3v) is 5.41. The van der Waals surface area contributed by atoms with Crippen LogP contribution in [0.2, 0.25) is 0 Å². The number of nitrogens with zero attached hydrogens (tertiary/aromatic N) is 1. The summed E-state index contributed by atoms with van der Waals surface area (Å²) in [6.45, 7) is 0.770. The van der Waals surface area contributed by atoms with Gasteiger partial charge in [0.2, 0.25) is 0 Å². The van der Waals surface area contributed by atoms with E-state index < -0.39 is 0 Å². The van der Waals surface area contributed by atoms with Crippen LogP contribution in [0.5, 0.6) is 0 Å². The van der Waals surface area contributed by atoms with Crippen LogP contribution in [0.1, 0.15) is 30.6 Å². The maximum absolute atomic E-state index is 11.1. The minimum atomic E-state index is -0.333. The van der Waals surface area contributed by atoms with Gasteiger partial charge in [0.15, 0.2) is 0 Å². The van der Waals surface area contributed by atoms with E-state index in [9.17, 15) is 15.2 Å². The summed E-state index contributed by atoms with van der Waals surface area (Å²) in [5.74, 6) is 0. The van der Waals surface area contributed by atoms with Gasteiger partial charge in [0, 0.05) is 28.4 Å². The summed E-state index contributed by atoms with van der Waals surface area (Å²) in [5, 5.41) is 24.2. The van der Waals surface area contributed by atoms with Crippen molar-refractivity contribution in [2.75, 3.05) is 0 Å². The number of para-hydroxylation sites is 1. The SMILES string of the molecule is O=[N+]([O-])c1ccccc1-c1ccc(CNC2CCC(O)CC2)s1. The normalized spacial score (nSPS) is 21.3. The Bertz CT molecular complexity index is 678. The van der Waals surface area contributed by atoms with E-state index in [0.717, 1.165) is 37.1 Å². The first kappa shape index (κ1) is 16.1. The molecule has 1 aromatic carbocycles. The Labute approximate surface area is 139 Å². The van der Waals surface area contributed by atoms with Gasteiger partial charge in [0.1, 0.15) is 0 Å². The van der Waals surface area contributed by atoms with Crippen LogP contribution in [-0.2, 0) is 6.54 Å². The third kappa shape index (κ3) is 3.96. The number of aliphatic hydroxyl groups is 1. The van der Waals surface area contributed by atoms with Crippen molar-refractivity contribution in [1.29, 1.82) is 0 Å². The number of hydrogen-bond donors (Lipinski definition) is 2. The number of hydrogen-bond acceptors (Lipinski definition) is 5. The second-order valence-corrected chi connectivity index (χ2v) is 7.09. The molecule has 1 heterocycles. The second kappa shape index (κ2) is 7.21. The molecule has 0 amide bonds. The lowest BCUT2D eigenvalue weighted by molar-refractivity contribution is -0.384. The van der Waals surface area contributed by atoms with E-state index in [1.807, 2.05) is 18.2 Å². The van der Waals surface area contributed by atoms with E-state index in [1.165, 1.54) is 4.88 Å². The summed E-state index contributed by atoms with van der Waals surface area (Å²) in [5.41, 5.74) is 0.824. The van der Waals surface area contributed by atoms with Crippen molar-refractivity contribution < 1.29 is 10.0 Å². The quantitative estimate of drug-likeness (QED) is 0.646. The Hall–Kier alpha value is -1.76. The van der Waals surface area contributed by atoms with Crippen LogP contribution < -0.4 is 5.32 Å². The number of rotatable bonds is 5. The molecule has 6 heteroatoms. The molecule has 0 unspecified atom stereocenters. The number of nitrogens with one attached hydrogen (secondary N) is 1. The molecule has 0 aliphatic heterocycles. The minimum Gasteiger partial charge on any atom is -0.393 e. The smallest absolute Gasteiger partial charge is 0.278 e. The summed E-state index contributed by atoms with van der Waals surface area (Å²) in [7, 11) is 0. The molecule has 5 nitrogen and oxygen atoms in total. The van der Waals surface area contributed by atoms with Crippen molar-refractivity contribution in [1.82, 2.24) is 5.32 Å². The van der Waals surface area contributed by atoms with Crippen molar-refractivity contribution in [3.05, 3.63) is 51.4 Å². The molecule has 23 heavy (non-hydrogen) atoms. The Kier molecular flexibility index (Phi) is 5.05. The summed E-state index contributed by atoms with van der Waals surface area (Å²) in [6, 6.07) is 11.3. The van der Waals surface area contributed by atoms with Crippen molar-refractivity contribution in [3.63, 3.8) is 0 Å². The molecule has 0 radical (unpaired) electrons. The standard InChI is InChI=1S/C17H20N2O3S/c20-13-7-5-12(6-8-13)18-11-14-9-10-17(23-14)15-3-1-2-4-16(15)19(21)22/h1-4,9-10,12-13,18,20H,5-8,11H2. The zero-order valence-corrected chi connectivity index (χ0v) is 13.6. The molecule has 1 aliphatic carbocycles. The number of nitro groups is 1. The van der Waals surface area contributed by atoms with Crippen LogP contribution in [0.4, 0.5) is 5.69 Å². The summed E-state index contributed by atoms with van der Waals surface area (Å²) < 4.78 is 0. The molecule has 122 valence electrons. The van der Waals surface area contributed by atoms with Gasteiger partial charge in [-0.1, -0.05) is 12.1 Å². The largest absolute Gasteiger partial charge is 0.393 e. The Morgan fingerprint density at radius 2 is 1.91 bits per heavy atom. The number of aliphatic hydroxyl groups excluding tert-OH is 1. The average molecular weight is 332 g/mol. The second-order valence-electron chi connectivity index (χ2n) is 5.93. The predicted octanol–water partition coefficient (Wildman–Crippen LogP) is 3.72. The van der Waals surface area contributed by atoms with Crippen LogP contribution in [0.25, 0.3) is 10.4 Å². The highest BCUT2D eigenvalue weighted by atomic mass is 32.1. The molecule has 0 atom stereocenters. The lowest BCUT2D eigenvalue weighted by Crippen LogP contribution is -2.33.